The quantitative estimate of drug-likeness (QED) is 0.252. The van der Waals surface area contributed by atoms with E-state index in [1.54, 1.807) is 0 Å². The topological polar surface area (TPSA) is 80.3 Å². The van der Waals surface area contributed by atoms with E-state index in [9.17, 15) is 0 Å². The van der Waals surface area contributed by atoms with Crippen LogP contribution in [-0.2, 0) is 32.1 Å². The summed E-state index contributed by atoms with van der Waals surface area (Å²) < 4.78 is 34.1. The van der Waals surface area contributed by atoms with Crippen molar-refractivity contribution in [2.75, 3.05) is 0 Å². The van der Waals surface area contributed by atoms with E-state index in [2.05, 4.69) is 0 Å². The molecular weight excluding hydrogens is 195 g/mol. The zero-order valence-corrected chi connectivity index (χ0v) is 8.77. The van der Waals surface area contributed by atoms with Gasteiger partial charge in [0, 0.05) is 10.4 Å². The SMILES string of the molecule is O=S(=O)([O-])[O-].[Al+3].[Mg+2].[Ti+4]. The maximum atomic E-state index is 8.52. The first kappa shape index (κ1) is 22.5. The van der Waals surface area contributed by atoms with Crippen LogP contribution in [0.2, 0.25) is 0 Å². The van der Waals surface area contributed by atoms with Crippen molar-refractivity contribution >= 4 is 50.8 Å². The molecule has 0 aliphatic rings. The minimum Gasteiger partial charge on any atom is -0.759 e. The minimum absolute atomic E-state index is 0. The molecule has 0 aromatic carbocycles. The molecule has 0 spiro atoms. The zero-order valence-electron chi connectivity index (χ0n) is 3.83. The van der Waals surface area contributed by atoms with Crippen LogP contribution in [0.3, 0.4) is 0 Å². The smallest absolute Gasteiger partial charge is 0.759 e. The van der Waals surface area contributed by atoms with Crippen LogP contribution in [0.25, 0.3) is 0 Å². The fourth-order valence-electron chi connectivity index (χ4n) is 0. The number of hydrogen-bond acceptors (Lipinski definition) is 4. The van der Waals surface area contributed by atoms with E-state index < -0.39 is 10.4 Å². The van der Waals surface area contributed by atoms with Gasteiger partial charge in [-0.05, 0) is 0 Å². The van der Waals surface area contributed by atoms with Crippen molar-refractivity contribution in [3.05, 3.63) is 0 Å². The molecule has 4 nitrogen and oxygen atoms in total. The Hall–Kier alpha value is 1.88. The largest absolute Gasteiger partial charge is 4.00 e. The second-order valence-electron chi connectivity index (χ2n) is 0.408. The molecule has 0 fully saturated rings. The first-order chi connectivity index (χ1) is 2.00. The van der Waals surface area contributed by atoms with E-state index in [4.69, 9.17) is 17.5 Å². The van der Waals surface area contributed by atoms with Gasteiger partial charge in [0.25, 0.3) is 0 Å². The zero-order chi connectivity index (χ0) is 4.50. The van der Waals surface area contributed by atoms with E-state index in [0.717, 1.165) is 0 Å². The molecule has 0 aliphatic carbocycles. The first-order valence-corrected chi connectivity index (χ1v) is 2.00. The summed E-state index contributed by atoms with van der Waals surface area (Å²) in [5, 5.41) is 0. The van der Waals surface area contributed by atoms with Crippen LogP contribution in [0.1, 0.15) is 0 Å². The molecule has 0 aromatic rings. The molecule has 8 heavy (non-hydrogen) atoms. The van der Waals surface area contributed by atoms with Gasteiger partial charge < -0.3 is 9.11 Å². The van der Waals surface area contributed by atoms with Gasteiger partial charge in [-0.15, -0.1) is 0 Å². The molecule has 0 saturated heterocycles. The van der Waals surface area contributed by atoms with Crippen LogP contribution in [-0.4, -0.2) is 57.9 Å². The molecular formula is AlMgO4STi+7. The average molecular weight is 195 g/mol. The van der Waals surface area contributed by atoms with E-state index in [0.29, 0.717) is 0 Å². The predicted octanol–water partition coefficient (Wildman–Crippen LogP) is -2.10. The van der Waals surface area contributed by atoms with Crippen LogP contribution in [0.15, 0.2) is 0 Å². The summed E-state index contributed by atoms with van der Waals surface area (Å²) in [6.45, 7) is 0. The summed E-state index contributed by atoms with van der Waals surface area (Å²) in [7, 11) is -5.17. The van der Waals surface area contributed by atoms with Crippen LogP contribution in [0, 0.1) is 0 Å². The molecule has 0 amide bonds. The van der Waals surface area contributed by atoms with Gasteiger partial charge in [-0.1, -0.05) is 0 Å². The third kappa shape index (κ3) is 105. The van der Waals surface area contributed by atoms with Crippen molar-refractivity contribution in [2.24, 2.45) is 0 Å². The van der Waals surface area contributed by atoms with Crippen LogP contribution >= 0.6 is 0 Å². The van der Waals surface area contributed by atoms with Crippen molar-refractivity contribution in [3.63, 3.8) is 0 Å². The van der Waals surface area contributed by atoms with Crippen molar-refractivity contribution < 1.29 is 39.2 Å². The molecule has 0 aliphatic heterocycles. The summed E-state index contributed by atoms with van der Waals surface area (Å²) in [5.41, 5.74) is 0. The monoisotopic (exact) mass is 195 g/mol. The Morgan fingerprint density at radius 3 is 1.12 bits per heavy atom. The summed E-state index contributed by atoms with van der Waals surface area (Å²) in [6, 6.07) is 0. The minimum atomic E-state index is -5.17. The molecule has 0 radical (unpaired) electrons. The van der Waals surface area contributed by atoms with Crippen molar-refractivity contribution in [2.45, 2.75) is 0 Å². The molecule has 0 aromatic heterocycles. The van der Waals surface area contributed by atoms with Gasteiger partial charge in [0.05, 0.1) is 0 Å². The van der Waals surface area contributed by atoms with E-state index in [1.165, 1.54) is 0 Å². The number of hydrogen-bond donors (Lipinski definition) is 0. The van der Waals surface area contributed by atoms with Gasteiger partial charge in [-0.25, -0.2) is 0 Å². The standard InChI is InChI=1S/Al.Mg.H2O4S.Ti/c;;1-5(2,3)4;/h;;(H2,1,2,3,4);/q+3;+2;;+4/p-2. The summed E-state index contributed by atoms with van der Waals surface area (Å²) in [5.74, 6) is 0. The Kier molecular flexibility index (Phi) is 25.0. The Balaban J connectivity index is -0.0000000267. The molecule has 8 heteroatoms. The van der Waals surface area contributed by atoms with Gasteiger partial charge in [-0.3, -0.25) is 8.42 Å². The van der Waals surface area contributed by atoms with E-state index >= 15 is 0 Å². The van der Waals surface area contributed by atoms with Gasteiger partial charge in [0.1, 0.15) is 0 Å². The maximum absolute atomic E-state index is 8.52. The van der Waals surface area contributed by atoms with Gasteiger partial charge in [0.2, 0.25) is 0 Å². The maximum Gasteiger partial charge on any atom is 4.00 e. The molecule has 0 saturated carbocycles. The van der Waals surface area contributed by atoms with Crippen molar-refractivity contribution in [3.8, 4) is 0 Å². The normalized spacial score (nSPS) is 7.25. The van der Waals surface area contributed by atoms with Crippen LogP contribution in [0.4, 0.5) is 0 Å². The van der Waals surface area contributed by atoms with Gasteiger partial charge in [0.15, 0.2) is 0 Å². The van der Waals surface area contributed by atoms with Gasteiger partial charge >= 0.3 is 62.1 Å². The Labute approximate surface area is 89.2 Å². The molecule has 0 heterocycles. The fraction of sp³-hybridized carbons (Fsp3) is 0. The molecule has 0 rings (SSSR count). The Morgan fingerprint density at radius 2 is 1.12 bits per heavy atom. The second-order valence-corrected chi connectivity index (χ2v) is 1.22. The van der Waals surface area contributed by atoms with Crippen LogP contribution < -0.4 is 0 Å². The summed E-state index contributed by atoms with van der Waals surface area (Å²) in [6.07, 6.45) is 0. The predicted molar refractivity (Wildman–Crippen MR) is 22.0 cm³/mol. The van der Waals surface area contributed by atoms with Gasteiger partial charge in [-0.2, -0.15) is 0 Å². The third-order valence-electron chi connectivity index (χ3n) is 0. The van der Waals surface area contributed by atoms with Crippen LogP contribution in [0.5, 0.6) is 0 Å². The Bertz CT molecular complexity index is 99.2. The second kappa shape index (κ2) is 8.88. The van der Waals surface area contributed by atoms with E-state index in [1.807, 2.05) is 0 Å². The molecule has 0 atom stereocenters. The Morgan fingerprint density at radius 1 is 1.12 bits per heavy atom. The number of rotatable bonds is 0. The molecule has 0 unspecified atom stereocenters. The molecule has 32 valence electrons. The average Bonchev–Trinajstić information content (AvgIpc) is 0.722. The molecule has 0 bridgehead atoms. The van der Waals surface area contributed by atoms with Crippen molar-refractivity contribution in [1.82, 2.24) is 0 Å². The first-order valence-electron chi connectivity index (χ1n) is 0.667. The summed E-state index contributed by atoms with van der Waals surface area (Å²) >= 11 is 0. The molecule has 0 N–H and O–H groups in total. The third-order valence-corrected chi connectivity index (χ3v) is 0. The summed E-state index contributed by atoms with van der Waals surface area (Å²) in [4.78, 5) is 0. The van der Waals surface area contributed by atoms with E-state index in [-0.39, 0.29) is 62.1 Å². The van der Waals surface area contributed by atoms with Crippen molar-refractivity contribution in [1.29, 1.82) is 0 Å². The fourth-order valence-corrected chi connectivity index (χ4v) is 0.